The molecule has 2 atom stereocenters. The van der Waals surface area contributed by atoms with Gasteiger partial charge < -0.3 is 14.2 Å². The second kappa shape index (κ2) is 9.22. The number of amides is 1. The number of ether oxygens (including phenoxy) is 3. The molecule has 9 heteroatoms. The van der Waals surface area contributed by atoms with Crippen molar-refractivity contribution in [2.45, 2.75) is 37.7 Å². The number of hydrogen-bond donors (Lipinski definition) is 0. The van der Waals surface area contributed by atoms with E-state index in [-0.39, 0.29) is 36.4 Å². The van der Waals surface area contributed by atoms with Crippen molar-refractivity contribution in [3.63, 3.8) is 0 Å². The van der Waals surface area contributed by atoms with Crippen molar-refractivity contribution in [3.8, 4) is 11.5 Å². The second-order valence-electron chi connectivity index (χ2n) is 8.72. The first kappa shape index (κ1) is 23.7. The average Bonchev–Trinajstić information content (AvgIpc) is 3.34. The van der Waals surface area contributed by atoms with Crippen LogP contribution in [-0.4, -0.2) is 30.2 Å². The van der Waals surface area contributed by atoms with Gasteiger partial charge in [0.25, 0.3) is 0 Å². The fraction of sp³-hybridized carbons (Fsp3) is 0.259. The Bertz CT molecular complexity index is 1320. The zero-order valence-corrected chi connectivity index (χ0v) is 19.2. The Morgan fingerprint density at radius 2 is 1.89 bits per heavy atom. The summed E-state index contributed by atoms with van der Waals surface area (Å²) in [6.07, 6.45) is -4.96. The molecule has 5 rings (SSSR count). The van der Waals surface area contributed by atoms with Gasteiger partial charge in [0.1, 0.15) is 17.6 Å². The summed E-state index contributed by atoms with van der Waals surface area (Å²) in [5.41, 5.74) is 1.94. The average molecular weight is 497 g/mol. The quantitative estimate of drug-likeness (QED) is 0.401. The molecule has 0 unspecified atom stereocenters. The number of fused-ring (bicyclic) bond motifs is 3. The van der Waals surface area contributed by atoms with Crippen molar-refractivity contribution in [1.82, 2.24) is 4.90 Å². The summed E-state index contributed by atoms with van der Waals surface area (Å²) in [7, 11) is 1.29. The van der Waals surface area contributed by atoms with E-state index >= 15 is 0 Å². The summed E-state index contributed by atoms with van der Waals surface area (Å²) in [5, 5.41) is 0. The van der Waals surface area contributed by atoms with Crippen LogP contribution in [0.5, 0.6) is 11.5 Å². The predicted octanol–water partition coefficient (Wildman–Crippen LogP) is 5.83. The van der Waals surface area contributed by atoms with E-state index in [0.717, 1.165) is 23.3 Å². The lowest BCUT2D eigenvalue weighted by atomic mass is 10.0. The van der Waals surface area contributed by atoms with E-state index in [1.54, 1.807) is 24.3 Å². The molecule has 6 nitrogen and oxygen atoms in total. The number of hydrogen-bond acceptors (Lipinski definition) is 5. The molecule has 3 aromatic carbocycles. The van der Waals surface area contributed by atoms with Gasteiger partial charge in [0.05, 0.1) is 31.7 Å². The zero-order chi connectivity index (χ0) is 25.4. The number of esters is 1. The smallest absolute Gasteiger partial charge is 0.416 e. The Balaban J connectivity index is 1.47. The predicted molar refractivity (Wildman–Crippen MR) is 122 cm³/mol. The SMILES string of the molecule is COC(=O)Cc1cccc(Oc2ccc(C(F)(F)F)cc2CN2C(=O)O[C@@H]3Cc4ccccc4[C@@H]32)c1. The second-order valence-corrected chi connectivity index (χ2v) is 8.72. The highest BCUT2D eigenvalue weighted by Gasteiger charge is 2.47. The molecule has 3 aromatic rings. The number of halogens is 3. The van der Waals surface area contributed by atoms with Crippen molar-refractivity contribution in [2.75, 3.05) is 7.11 Å². The number of rotatable bonds is 6. The lowest BCUT2D eigenvalue weighted by molar-refractivity contribution is -0.140. The Morgan fingerprint density at radius 1 is 1.08 bits per heavy atom. The highest BCUT2D eigenvalue weighted by molar-refractivity contribution is 5.73. The normalized spacial score (nSPS) is 18.4. The zero-order valence-electron chi connectivity index (χ0n) is 19.2. The lowest BCUT2D eigenvalue weighted by Gasteiger charge is -2.23. The van der Waals surface area contributed by atoms with E-state index in [1.807, 2.05) is 24.3 Å². The van der Waals surface area contributed by atoms with Crippen LogP contribution >= 0.6 is 0 Å². The van der Waals surface area contributed by atoms with Gasteiger partial charge in [-0.15, -0.1) is 0 Å². The Morgan fingerprint density at radius 3 is 2.67 bits per heavy atom. The summed E-state index contributed by atoms with van der Waals surface area (Å²) in [4.78, 5) is 25.8. The summed E-state index contributed by atoms with van der Waals surface area (Å²) < 4.78 is 56.8. The van der Waals surface area contributed by atoms with Gasteiger partial charge in [-0.05, 0) is 47.0 Å². The van der Waals surface area contributed by atoms with Crippen LogP contribution in [0, 0.1) is 0 Å². The molecule has 36 heavy (non-hydrogen) atoms. The van der Waals surface area contributed by atoms with Crippen LogP contribution in [0.15, 0.2) is 66.7 Å². The number of methoxy groups -OCH3 is 1. The number of nitrogens with zero attached hydrogens (tertiary/aromatic N) is 1. The molecule has 0 spiro atoms. The maximum absolute atomic E-state index is 13.5. The van der Waals surface area contributed by atoms with Crippen molar-refractivity contribution in [1.29, 1.82) is 0 Å². The molecule has 1 fully saturated rings. The molecule has 1 aliphatic carbocycles. The summed E-state index contributed by atoms with van der Waals surface area (Å²) in [6.45, 7) is -0.130. The highest BCUT2D eigenvalue weighted by Crippen LogP contribution is 2.44. The molecule has 1 amide bonds. The number of alkyl halides is 3. The lowest BCUT2D eigenvalue weighted by Crippen LogP contribution is -2.27. The maximum atomic E-state index is 13.5. The first-order valence-electron chi connectivity index (χ1n) is 11.3. The Kier molecular flexibility index (Phi) is 6.07. The first-order valence-corrected chi connectivity index (χ1v) is 11.3. The van der Waals surface area contributed by atoms with Gasteiger partial charge in [0, 0.05) is 12.0 Å². The van der Waals surface area contributed by atoms with E-state index in [1.165, 1.54) is 18.1 Å². The van der Waals surface area contributed by atoms with E-state index in [2.05, 4.69) is 4.74 Å². The molecule has 1 saturated heterocycles. The van der Waals surface area contributed by atoms with E-state index in [4.69, 9.17) is 9.47 Å². The van der Waals surface area contributed by atoms with Gasteiger partial charge in [-0.2, -0.15) is 13.2 Å². The molecular formula is C27H22F3NO5. The molecule has 186 valence electrons. The third kappa shape index (κ3) is 4.60. The van der Waals surface area contributed by atoms with Crippen LogP contribution in [0.2, 0.25) is 0 Å². The molecule has 2 aliphatic rings. The number of carbonyl (C=O) groups excluding carboxylic acids is 2. The Hall–Kier alpha value is -4.01. The molecule has 1 aliphatic heterocycles. The minimum absolute atomic E-state index is 0.0235. The Labute approximate surface area is 205 Å². The van der Waals surface area contributed by atoms with E-state index in [9.17, 15) is 22.8 Å². The van der Waals surface area contributed by atoms with Crippen LogP contribution in [0.4, 0.5) is 18.0 Å². The monoisotopic (exact) mass is 497 g/mol. The number of benzene rings is 3. The molecule has 0 radical (unpaired) electrons. The van der Waals surface area contributed by atoms with Crippen molar-refractivity contribution < 1.29 is 37.0 Å². The van der Waals surface area contributed by atoms with Gasteiger partial charge >= 0.3 is 18.2 Å². The van der Waals surface area contributed by atoms with Gasteiger partial charge in [-0.3, -0.25) is 9.69 Å². The third-order valence-corrected chi connectivity index (χ3v) is 6.40. The first-order chi connectivity index (χ1) is 17.2. The summed E-state index contributed by atoms with van der Waals surface area (Å²) in [5.74, 6) is 0.0764. The largest absolute Gasteiger partial charge is 0.469 e. The van der Waals surface area contributed by atoms with Crippen LogP contribution in [-0.2, 0) is 39.8 Å². The molecule has 0 bridgehead atoms. The fourth-order valence-electron chi connectivity index (χ4n) is 4.73. The molecule has 1 heterocycles. The van der Waals surface area contributed by atoms with Crippen LogP contribution in [0.3, 0.4) is 0 Å². The van der Waals surface area contributed by atoms with Crippen molar-refractivity contribution >= 4 is 12.1 Å². The molecular weight excluding hydrogens is 475 g/mol. The topological polar surface area (TPSA) is 65.1 Å². The van der Waals surface area contributed by atoms with Gasteiger partial charge in [0.2, 0.25) is 0 Å². The third-order valence-electron chi connectivity index (χ3n) is 6.40. The van der Waals surface area contributed by atoms with Crippen molar-refractivity contribution in [3.05, 3.63) is 94.5 Å². The van der Waals surface area contributed by atoms with E-state index in [0.29, 0.717) is 17.7 Å². The molecule has 0 aromatic heterocycles. The van der Waals surface area contributed by atoms with Gasteiger partial charge in [-0.25, -0.2) is 4.79 Å². The minimum Gasteiger partial charge on any atom is -0.469 e. The number of carbonyl (C=O) groups is 2. The van der Waals surface area contributed by atoms with E-state index < -0.39 is 23.8 Å². The van der Waals surface area contributed by atoms with Crippen LogP contribution < -0.4 is 4.74 Å². The molecule has 0 N–H and O–H groups in total. The molecule has 0 saturated carbocycles. The highest BCUT2D eigenvalue weighted by atomic mass is 19.4. The summed E-state index contributed by atoms with van der Waals surface area (Å²) in [6, 6.07) is 17.1. The summed E-state index contributed by atoms with van der Waals surface area (Å²) >= 11 is 0. The van der Waals surface area contributed by atoms with Crippen LogP contribution in [0.1, 0.15) is 33.9 Å². The minimum atomic E-state index is -4.57. The standard InChI is InChI=1S/C27H22F3NO5/c1-34-24(32)12-16-5-4-7-20(11-16)35-22-10-9-19(27(28,29)30)13-18(22)15-31-25-21-8-3-2-6-17(21)14-23(25)36-26(31)33/h2-11,13,23,25H,12,14-15H2,1H3/t23-,25+/m1/s1. The fourth-order valence-corrected chi connectivity index (χ4v) is 4.73. The maximum Gasteiger partial charge on any atom is 0.416 e. The van der Waals surface area contributed by atoms with Crippen molar-refractivity contribution in [2.24, 2.45) is 0 Å². The van der Waals surface area contributed by atoms with Gasteiger partial charge in [0.15, 0.2) is 0 Å². The van der Waals surface area contributed by atoms with Gasteiger partial charge in [-0.1, -0.05) is 36.4 Å². The van der Waals surface area contributed by atoms with Crippen LogP contribution in [0.25, 0.3) is 0 Å².